The second kappa shape index (κ2) is 7.77. The van der Waals surface area contributed by atoms with Crippen molar-refractivity contribution in [1.29, 1.82) is 0 Å². The van der Waals surface area contributed by atoms with Gasteiger partial charge in [0.25, 0.3) is 0 Å². The molecule has 0 N–H and O–H groups in total. The van der Waals surface area contributed by atoms with Gasteiger partial charge in [0, 0.05) is 19.0 Å². The smallest absolute Gasteiger partial charge is 0.228 e. The van der Waals surface area contributed by atoms with Gasteiger partial charge in [-0.15, -0.1) is 21.5 Å². The highest BCUT2D eigenvalue weighted by Gasteiger charge is 2.28. The van der Waals surface area contributed by atoms with Crippen LogP contribution in [0.2, 0.25) is 0 Å². The number of rotatable bonds is 6. The van der Waals surface area contributed by atoms with Gasteiger partial charge in [0.2, 0.25) is 11.7 Å². The van der Waals surface area contributed by atoms with E-state index in [1.807, 2.05) is 12.3 Å². The van der Waals surface area contributed by atoms with E-state index < -0.39 is 0 Å². The Bertz CT molecular complexity index is 688. The predicted molar refractivity (Wildman–Crippen MR) is 85.5 cm³/mol. The molecule has 1 atom stereocenters. The van der Waals surface area contributed by atoms with Crippen LogP contribution in [-0.4, -0.2) is 69.4 Å². The molecule has 0 aliphatic carbocycles. The van der Waals surface area contributed by atoms with Crippen LogP contribution in [0.15, 0.2) is 5.38 Å². The first kappa shape index (κ1) is 16.9. The van der Waals surface area contributed by atoms with Crippen molar-refractivity contribution in [2.45, 2.75) is 26.0 Å². The minimum atomic E-state index is -0.351. The van der Waals surface area contributed by atoms with Gasteiger partial charge in [0.1, 0.15) is 6.10 Å². The summed E-state index contributed by atoms with van der Waals surface area (Å²) in [6.07, 6.45) is -0.0402. The number of tetrazole rings is 1. The number of carbonyl (C=O) groups is 1. The molecule has 0 radical (unpaired) electrons. The van der Waals surface area contributed by atoms with Gasteiger partial charge in [0.05, 0.1) is 43.4 Å². The van der Waals surface area contributed by atoms with Crippen molar-refractivity contribution >= 4 is 17.2 Å². The summed E-state index contributed by atoms with van der Waals surface area (Å²) in [5.74, 6) is 0.536. The van der Waals surface area contributed by atoms with Crippen LogP contribution in [0, 0.1) is 6.92 Å². The Morgan fingerprint density at radius 1 is 1.54 bits per heavy atom. The average Bonchev–Trinajstić information content (AvgIpc) is 3.22. The van der Waals surface area contributed by atoms with Gasteiger partial charge in [-0.25, -0.2) is 4.98 Å². The van der Waals surface area contributed by atoms with Crippen LogP contribution in [0.5, 0.6) is 0 Å². The molecular formula is C14H20N6O3S. The molecule has 0 spiro atoms. The molecule has 3 rings (SSSR count). The summed E-state index contributed by atoms with van der Waals surface area (Å²) in [5.41, 5.74) is 0.814. The van der Waals surface area contributed by atoms with Crippen LogP contribution in [0.25, 0.3) is 0 Å². The number of thiazole rings is 1. The Morgan fingerprint density at radius 2 is 2.42 bits per heavy atom. The number of aryl methyl sites for hydroxylation is 1. The first-order valence-electron chi connectivity index (χ1n) is 7.72. The zero-order valence-electron chi connectivity index (χ0n) is 13.7. The molecule has 130 valence electrons. The third kappa shape index (κ3) is 4.13. The quantitative estimate of drug-likeness (QED) is 0.734. The van der Waals surface area contributed by atoms with Crippen molar-refractivity contribution in [3.8, 4) is 0 Å². The van der Waals surface area contributed by atoms with Crippen molar-refractivity contribution < 1.29 is 14.3 Å². The van der Waals surface area contributed by atoms with Gasteiger partial charge in [-0.2, -0.15) is 4.80 Å². The van der Waals surface area contributed by atoms with Gasteiger partial charge < -0.3 is 14.4 Å². The molecule has 0 saturated carbocycles. The van der Waals surface area contributed by atoms with Gasteiger partial charge in [-0.05, 0) is 12.1 Å². The average molecular weight is 352 g/mol. The maximum Gasteiger partial charge on any atom is 0.228 e. The lowest BCUT2D eigenvalue weighted by atomic mass is 10.2. The molecule has 1 saturated heterocycles. The lowest BCUT2D eigenvalue weighted by molar-refractivity contribution is -0.138. The summed E-state index contributed by atoms with van der Waals surface area (Å²) in [6.45, 7) is 4.43. The maximum absolute atomic E-state index is 12.5. The summed E-state index contributed by atoms with van der Waals surface area (Å²) in [4.78, 5) is 20.1. The number of carbonyl (C=O) groups excluding carboxylic acids is 1. The molecular weight excluding hydrogens is 332 g/mol. The van der Waals surface area contributed by atoms with Crippen molar-refractivity contribution in [2.24, 2.45) is 0 Å². The number of nitrogens with zero attached hydrogens (tertiary/aromatic N) is 6. The Labute approximate surface area is 143 Å². The number of methoxy groups -OCH3 is 1. The van der Waals surface area contributed by atoms with Crippen LogP contribution in [0.4, 0.5) is 0 Å². The van der Waals surface area contributed by atoms with Gasteiger partial charge in [0.15, 0.2) is 0 Å². The molecule has 9 nitrogen and oxygen atoms in total. The highest BCUT2D eigenvalue weighted by molar-refractivity contribution is 7.09. The molecule has 1 fully saturated rings. The topological polar surface area (TPSA) is 95.3 Å². The van der Waals surface area contributed by atoms with Crippen LogP contribution in [0.3, 0.4) is 0 Å². The number of amides is 1. The molecule has 10 heteroatoms. The van der Waals surface area contributed by atoms with E-state index >= 15 is 0 Å². The first-order valence-corrected chi connectivity index (χ1v) is 8.60. The largest absolute Gasteiger partial charge is 0.383 e. The zero-order chi connectivity index (χ0) is 16.9. The lowest BCUT2D eigenvalue weighted by Crippen LogP contribution is -2.43. The Morgan fingerprint density at radius 3 is 3.17 bits per heavy atom. The standard InChI is InChI=1S/C14H20N6O3S/c1-10-15-11(9-24-10)7-13(21)19-3-6-23-12(8-19)14-16-18-20(17-14)4-5-22-2/h9,12H,3-8H2,1-2H3/t12-/m0/s1. The first-order chi connectivity index (χ1) is 11.7. The minimum Gasteiger partial charge on any atom is -0.383 e. The molecule has 24 heavy (non-hydrogen) atoms. The van der Waals surface area contributed by atoms with Crippen LogP contribution >= 0.6 is 11.3 Å². The van der Waals surface area contributed by atoms with E-state index in [9.17, 15) is 4.79 Å². The second-order valence-electron chi connectivity index (χ2n) is 5.47. The molecule has 2 aromatic heterocycles. The molecule has 0 unspecified atom stereocenters. The lowest BCUT2D eigenvalue weighted by Gasteiger charge is -2.31. The van der Waals surface area contributed by atoms with Crippen LogP contribution in [0.1, 0.15) is 22.6 Å². The zero-order valence-corrected chi connectivity index (χ0v) is 14.5. The highest BCUT2D eigenvalue weighted by atomic mass is 32.1. The second-order valence-corrected chi connectivity index (χ2v) is 6.53. The fourth-order valence-electron chi connectivity index (χ4n) is 2.44. The Balaban J connectivity index is 1.59. The van der Waals surface area contributed by atoms with Gasteiger partial charge in [-0.1, -0.05) is 0 Å². The van der Waals surface area contributed by atoms with Crippen LogP contribution < -0.4 is 0 Å². The molecule has 1 aliphatic heterocycles. The summed E-state index contributed by atoms with van der Waals surface area (Å²) in [6, 6.07) is 0. The Kier molecular flexibility index (Phi) is 5.48. The van der Waals surface area contributed by atoms with E-state index in [0.29, 0.717) is 45.1 Å². The SMILES string of the molecule is COCCn1nnc([C@@H]2CN(C(=O)Cc3csc(C)n3)CCO2)n1. The summed E-state index contributed by atoms with van der Waals surface area (Å²) >= 11 is 1.55. The third-order valence-electron chi connectivity index (χ3n) is 3.67. The Hall–Kier alpha value is -1.91. The third-order valence-corrected chi connectivity index (χ3v) is 4.49. The van der Waals surface area contributed by atoms with Crippen molar-refractivity contribution in [1.82, 2.24) is 30.1 Å². The number of hydrogen-bond donors (Lipinski definition) is 0. The minimum absolute atomic E-state index is 0.0420. The van der Waals surface area contributed by atoms with E-state index in [1.54, 1.807) is 23.3 Å². The molecule has 3 heterocycles. The van der Waals surface area contributed by atoms with Crippen molar-refractivity contribution in [2.75, 3.05) is 33.4 Å². The summed E-state index contributed by atoms with van der Waals surface area (Å²) in [7, 11) is 1.62. The molecule has 1 amide bonds. The van der Waals surface area contributed by atoms with E-state index in [-0.39, 0.29) is 12.0 Å². The van der Waals surface area contributed by atoms with E-state index in [2.05, 4.69) is 20.4 Å². The van der Waals surface area contributed by atoms with E-state index in [1.165, 1.54) is 4.80 Å². The van der Waals surface area contributed by atoms with Crippen molar-refractivity contribution in [3.05, 3.63) is 21.9 Å². The number of hydrogen-bond acceptors (Lipinski definition) is 8. The predicted octanol–water partition coefficient (Wildman–Crippen LogP) is 0.227. The fraction of sp³-hybridized carbons (Fsp3) is 0.643. The number of ether oxygens (including phenoxy) is 2. The summed E-state index contributed by atoms with van der Waals surface area (Å²) < 4.78 is 10.7. The fourth-order valence-corrected chi connectivity index (χ4v) is 3.05. The normalized spacial score (nSPS) is 18.1. The molecule has 1 aliphatic rings. The number of morpholine rings is 1. The molecule has 0 bridgehead atoms. The van der Waals surface area contributed by atoms with Crippen LogP contribution in [-0.2, 0) is 27.2 Å². The number of aromatic nitrogens is 5. The molecule has 0 aromatic carbocycles. The maximum atomic E-state index is 12.5. The van der Waals surface area contributed by atoms with E-state index in [4.69, 9.17) is 9.47 Å². The highest BCUT2D eigenvalue weighted by Crippen LogP contribution is 2.19. The van der Waals surface area contributed by atoms with Gasteiger partial charge in [-0.3, -0.25) is 4.79 Å². The molecule has 2 aromatic rings. The summed E-state index contributed by atoms with van der Waals surface area (Å²) in [5, 5.41) is 15.2. The van der Waals surface area contributed by atoms with Crippen molar-refractivity contribution in [3.63, 3.8) is 0 Å². The van der Waals surface area contributed by atoms with E-state index in [0.717, 1.165) is 10.7 Å². The monoisotopic (exact) mass is 352 g/mol. The van der Waals surface area contributed by atoms with Gasteiger partial charge >= 0.3 is 0 Å².